The molecular weight excluding hydrogens is 370 g/mol. The molecule has 4 rings (SSSR count). The highest BCUT2D eigenvalue weighted by Gasteiger charge is 2.24. The fraction of sp³-hybridized carbons (Fsp3) is 0.304. The van der Waals surface area contributed by atoms with Crippen LogP contribution in [0.5, 0.6) is 0 Å². The fourth-order valence-electron chi connectivity index (χ4n) is 4.02. The molecule has 0 radical (unpaired) electrons. The molecule has 0 N–H and O–H groups in total. The Bertz CT molecular complexity index is 950. The number of amides is 1. The Labute approximate surface area is 170 Å². The van der Waals surface area contributed by atoms with E-state index in [1.807, 2.05) is 53.7 Å². The van der Waals surface area contributed by atoms with E-state index in [0.717, 1.165) is 60.0 Å². The number of aromatic nitrogens is 2. The molecule has 2 heterocycles. The van der Waals surface area contributed by atoms with Gasteiger partial charge in [0.05, 0.1) is 17.7 Å². The molecule has 1 atom stereocenters. The number of benzene rings is 2. The highest BCUT2D eigenvalue weighted by molar-refractivity contribution is 6.30. The van der Waals surface area contributed by atoms with Crippen LogP contribution in [0, 0.1) is 5.92 Å². The maximum absolute atomic E-state index is 11.8. The molecule has 1 aromatic heterocycles. The van der Waals surface area contributed by atoms with Crippen LogP contribution in [0.3, 0.4) is 0 Å². The molecule has 0 spiro atoms. The Morgan fingerprint density at radius 2 is 1.86 bits per heavy atom. The standard InChI is InChI=1S/C23H24ClN3O/c1-17(28)26-13-5-6-18(14-26)15-27-16-25-22(19-7-3-2-4-8-19)23(27)20-9-11-21(24)12-10-20/h2-4,7-12,16,18H,5-6,13-15H2,1H3/t18-/m0/s1. The van der Waals surface area contributed by atoms with Gasteiger partial charge in [0, 0.05) is 42.7 Å². The van der Waals surface area contributed by atoms with Gasteiger partial charge in [0.1, 0.15) is 0 Å². The number of likely N-dealkylation sites (tertiary alicyclic amines) is 1. The minimum atomic E-state index is 0.165. The smallest absolute Gasteiger partial charge is 0.219 e. The van der Waals surface area contributed by atoms with Crippen LogP contribution >= 0.6 is 11.6 Å². The zero-order valence-electron chi connectivity index (χ0n) is 16.0. The highest BCUT2D eigenvalue weighted by Crippen LogP contribution is 2.33. The van der Waals surface area contributed by atoms with Gasteiger partial charge >= 0.3 is 0 Å². The van der Waals surface area contributed by atoms with Gasteiger partial charge in [0.25, 0.3) is 0 Å². The van der Waals surface area contributed by atoms with Crippen molar-refractivity contribution in [3.05, 3.63) is 65.9 Å². The van der Waals surface area contributed by atoms with Crippen LogP contribution in [0.2, 0.25) is 5.02 Å². The van der Waals surface area contributed by atoms with E-state index in [4.69, 9.17) is 16.6 Å². The summed E-state index contributed by atoms with van der Waals surface area (Å²) in [5.41, 5.74) is 4.27. The maximum Gasteiger partial charge on any atom is 0.219 e. The largest absolute Gasteiger partial charge is 0.343 e. The first-order valence-electron chi connectivity index (χ1n) is 9.74. The summed E-state index contributed by atoms with van der Waals surface area (Å²) in [7, 11) is 0. The molecule has 1 amide bonds. The summed E-state index contributed by atoms with van der Waals surface area (Å²) in [6.07, 6.45) is 4.11. The monoisotopic (exact) mass is 393 g/mol. The number of hydrogen-bond acceptors (Lipinski definition) is 2. The lowest BCUT2D eigenvalue weighted by atomic mass is 9.97. The summed E-state index contributed by atoms with van der Waals surface area (Å²) in [6.45, 7) is 4.19. The molecule has 0 aliphatic carbocycles. The fourth-order valence-corrected chi connectivity index (χ4v) is 4.14. The predicted molar refractivity (Wildman–Crippen MR) is 113 cm³/mol. The quantitative estimate of drug-likeness (QED) is 0.616. The van der Waals surface area contributed by atoms with E-state index in [1.165, 1.54) is 0 Å². The van der Waals surface area contributed by atoms with E-state index in [2.05, 4.69) is 16.7 Å². The van der Waals surface area contributed by atoms with Crippen molar-refractivity contribution in [3.63, 3.8) is 0 Å². The molecule has 5 heteroatoms. The molecule has 1 fully saturated rings. The van der Waals surface area contributed by atoms with E-state index in [1.54, 1.807) is 6.92 Å². The van der Waals surface area contributed by atoms with Gasteiger partial charge in [-0.25, -0.2) is 4.98 Å². The first kappa shape index (κ1) is 18.8. The van der Waals surface area contributed by atoms with Crippen molar-refractivity contribution < 1.29 is 4.79 Å². The Balaban J connectivity index is 1.70. The molecule has 1 aliphatic rings. The van der Waals surface area contributed by atoms with Gasteiger partial charge in [-0.15, -0.1) is 0 Å². The molecule has 0 bridgehead atoms. The number of imidazole rings is 1. The number of carbonyl (C=O) groups excluding carboxylic acids is 1. The zero-order chi connectivity index (χ0) is 19.5. The summed E-state index contributed by atoms with van der Waals surface area (Å²) < 4.78 is 2.24. The van der Waals surface area contributed by atoms with Crippen molar-refractivity contribution in [1.82, 2.24) is 14.5 Å². The second-order valence-corrected chi connectivity index (χ2v) is 7.88. The highest BCUT2D eigenvalue weighted by atomic mass is 35.5. The third kappa shape index (κ3) is 3.97. The average Bonchev–Trinajstić information content (AvgIpc) is 3.13. The normalized spacial score (nSPS) is 16.9. The topological polar surface area (TPSA) is 38.1 Å². The molecular formula is C23H24ClN3O. The molecule has 3 aromatic rings. The van der Waals surface area contributed by atoms with Crippen molar-refractivity contribution in [1.29, 1.82) is 0 Å². The molecule has 0 saturated carbocycles. The van der Waals surface area contributed by atoms with Gasteiger partial charge in [0.15, 0.2) is 0 Å². The van der Waals surface area contributed by atoms with Gasteiger partial charge in [-0.2, -0.15) is 0 Å². The molecule has 1 saturated heterocycles. The molecule has 144 valence electrons. The van der Waals surface area contributed by atoms with Crippen LogP contribution in [0.1, 0.15) is 19.8 Å². The molecule has 0 unspecified atom stereocenters. The van der Waals surface area contributed by atoms with Crippen LogP contribution < -0.4 is 0 Å². The third-order valence-electron chi connectivity index (χ3n) is 5.42. The molecule has 2 aromatic carbocycles. The number of carbonyl (C=O) groups is 1. The van der Waals surface area contributed by atoms with Gasteiger partial charge in [0.2, 0.25) is 5.91 Å². The van der Waals surface area contributed by atoms with Crippen molar-refractivity contribution >= 4 is 17.5 Å². The van der Waals surface area contributed by atoms with Crippen LogP contribution in [0.15, 0.2) is 60.9 Å². The number of rotatable bonds is 4. The number of nitrogens with zero attached hydrogens (tertiary/aromatic N) is 3. The number of halogens is 1. The van der Waals surface area contributed by atoms with Gasteiger partial charge < -0.3 is 9.47 Å². The average molecular weight is 394 g/mol. The zero-order valence-corrected chi connectivity index (χ0v) is 16.8. The van der Waals surface area contributed by atoms with E-state index >= 15 is 0 Å². The summed E-state index contributed by atoms with van der Waals surface area (Å²) in [5.74, 6) is 0.597. The SMILES string of the molecule is CC(=O)N1CCC[C@H](Cn2cnc(-c3ccccc3)c2-c2ccc(Cl)cc2)C1. The summed E-state index contributed by atoms with van der Waals surface area (Å²) in [4.78, 5) is 18.5. The number of piperidine rings is 1. The molecule has 4 nitrogen and oxygen atoms in total. The lowest BCUT2D eigenvalue weighted by Gasteiger charge is -2.32. The van der Waals surface area contributed by atoms with E-state index in [0.29, 0.717) is 5.92 Å². The van der Waals surface area contributed by atoms with Gasteiger partial charge in [-0.05, 0) is 30.9 Å². The Morgan fingerprint density at radius 1 is 1.11 bits per heavy atom. The van der Waals surface area contributed by atoms with E-state index < -0.39 is 0 Å². The van der Waals surface area contributed by atoms with Crippen molar-refractivity contribution in [2.24, 2.45) is 5.92 Å². The van der Waals surface area contributed by atoms with Gasteiger partial charge in [-0.1, -0.05) is 54.1 Å². The predicted octanol–water partition coefficient (Wildman–Crippen LogP) is 5.13. The van der Waals surface area contributed by atoms with Crippen molar-refractivity contribution in [2.75, 3.05) is 13.1 Å². The van der Waals surface area contributed by atoms with Crippen LogP contribution in [-0.2, 0) is 11.3 Å². The summed E-state index contributed by atoms with van der Waals surface area (Å²) in [6, 6.07) is 18.2. The second-order valence-electron chi connectivity index (χ2n) is 7.44. The summed E-state index contributed by atoms with van der Waals surface area (Å²) >= 11 is 6.11. The molecule has 1 aliphatic heterocycles. The van der Waals surface area contributed by atoms with Crippen molar-refractivity contribution in [3.8, 4) is 22.5 Å². The van der Waals surface area contributed by atoms with Crippen molar-refractivity contribution in [2.45, 2.75) is 26.3 Å². The Hall–Kier alpha value is -2.59. The van der Waals surface area contributed by atoms with E-state index in [9.17, 15) is 4.79 Å². The van der Waals surface area contributed by atoms with Crippen LogP contribution in [0.25, 0.3) is 22.5 Å². The van der Waals surface area contributed by atoms with Crippen LogP contribution in [-0.4, -0.2) is 33.4 Å². The van der Waals surface area contributed by atoms with Crippen LogP contribution in [0.4, 0.5) is 0 Å². The van der Waals surface area contributed by atoms with E-state index in [-0.39, 0.29) is 5.91 Å². The Kier molecular flexibility index (Phi) is 5.49. The lowest BCUT2D eigenvalue weighted by Crippen LogP contribution is -2.39. The first-order valence-corrected chi connectivity index (χ1v) is 10.1. The second kappa shape index (κ2) is 8.19. The first-order chi connectivity index (χ1) is 13.6. The molecule has 28 heavy (non-hydrogen) atoms. The third-order valence-corrected chi connectivity index (χ3v) is 5.67. The minimum absolute atomic E-state index is 0.165. The Morgan fingerprint density at radius 3 is 2.57 bits per heavy atom. The van der Waals surface area contributed by atoms with Gasteiger partial charge in [-0.3, -0.25) is 4.79 Å². The lowest BCUT2D eigenvalue weighted by molar-refractivity contribution is -0.130. The maximum atomic E-state index is 11.8. The summed E-state index contributed by atoms with van der Waals surface area (Å²) in [5, 5.41) is 0.723. The minimum Gasteiger partial charge on any atom is -0.343 e. The number of hydrogen-bond donors (Lipinski definition) is 0.